The fraction of sp³-hybridized carbons (Fsp3) is 0.0500. The monoisotopic (exact) mass is 413 g/mol. The Labute approximate surface area is 156 Å². The number of hydrogen-bond acceptors (Lipinski definition) is 1. The van der Waals surface area contributed by atoms with E-state index in [1.54, 1.807) is 24.3 Å². The Morgan fingerprint density at radius 2 is 1.92 bits per heavy atom. The SMILES string of the molecule is NC(=O)c1cccc2c1c1[c]c(F)ccc1n2Cc1cc(F)ccc1Br. The minimum atomic E-state index is -0.598. The fourth-order valence-corrected chi connectivity index (χ4v) is 3.62. The summed E-state index contributed by atoms with van der Waals surface area (Å²) in [4.78, 5) is 11.9. The molecule has 0 saturated carbocycles. The summed E-state index contributed by atoms with van der Waals surface area (Å²) in [5.74, 6) is -1.47. The van der Waals surface area contributed by atoms with E-state index in [9.17, 15) is 13.6 Å². The molecule has 26 heavy (non-hydrogen) atoms. The molecular weight excluding hydrogens is 402 g/mol. The highest BCUT2D eigenvalue weighted by Gasteiger charge is 2.18. The molecule has 0 aliphatic carbocycles. The third kappa shape index (κ3) is 2.66. The van der Waals surface area contributed by atoms with E-state index in [4.69, 9.17) is 5.73 Å². The number of rotatable bonds is 3. The first-order valence-electron chi connectivity index (χ1n) is 7.82. The van der Waals surface area contributed by atoms with Crippen molar-refractivity contribution < 1.29 is 13.6 Å². The molecule has 1 amide bonds. The second-order valence-corrected chi connectivity index (χ2v) is 6.81. The Kier molecular flexibility index (Phi) is 4.00. The second kappa shape index (κ2) is 6.21. The van der Waals surface area contributed by atoms with Gasteiger partial charge in [-0.2, -0.15) is 0 Å². The van der Waals surface area contributed by atoms with Gasteiger partial charge in [-0.25, -0.2) is 8.78 Å². The normalized spacial score (nSPS) is 11.3. The molecule has 0 aliphatic rings. The number of aromatic nitrogens is 1. The lowest BCUT2D eigenvalue weighted by molar-refractivity contribution is 0.100. The van der Waals surface area contributed by atoms with Gasteiger partial charge in [-0.1, -0.05) is 22.0 Å². The first-order chi connectivity index (χ1) is 12.5. The molecule has 0 atom stereocenters. The molecule has 3 nitrogen and oxygen atoms in total. The van der Waals surface area contributed by atoms with Gasteiger partial charge in [0.1, 0.15) is 11.6 Å². The predicted octanol–water partition coefficient (Wildman–Crippen LogP) is 4.78. The molecule has 129 valence electrons. The zero-order valence-corrected chi connectivity index (χ0v) is 15.0. The highest BCUT2D eigenvalue weighted by atomic mass is 79.9. The number of primary amides is 1. The number of nitrogens with zero attached hydrogens (tertiary/aromatic N) is 1. The number of halogens is 3. The molecular formula is C20H12BrF2N2O. The number of hydrogen-bond donors (Lipinski definition) is 1. The lowest BCUT2D eigenvalue weighted by Crippen LogP contribution is -2.11. The van der Waals surface area contributed by atoms with Crippen LogP contribution < -0.4 is 5.73 Å². The summed E-state index contributed by atoms with van der Waals surface area (Å²) in [6.07, 6.45) is 0. The first-order valence-corrected chi connectivity index (χ1v) is 8.61. The van der Waals surface area contributed by atoms with Crippen molar-refractivity contribution >= 4 is 43.6 Å². The zero-order valence-electron chi connectivity index (χ0n) is 13.4. The van der Waals surface area contributed by atoms with Crippen molar-refractivity contribution in [2.75, 3.05) is 0 Å². The van der Waals surface area contributed by atoms with Crippen LogP contribution in [0.3, 0.4) is 0 Å². The maximum Gasteiger partial charge on any atom is 0.249 e. The number of carbonyl (C=O) groups excluding carboxylic acids is 1. The van der Waals surface area contributed by atoms with Gasteiger partial charge in [0.2, 0.25) is 5.91 Å². The molecule has 0 saturated heterocycles. The van der Waals surface area contributed by atoms with Crippen molar-refractivity contribution in [2.45, 2.75) is 6.54 Å². The molecule has 0 fully saturated rings. The first kappa shape index (κ1) is 16.7. The number of benzene rings is 3. The van der Waals surface area contributed by atoms with E-state index in [2.05, 4.69) is 22.0 Å². The Balaban J connectivity index is 2.06. The smallest absolute Gasteiger partial charge is 0.249 e. The molecule has 0 spiro atoms. The Hall–Kier alpha value is -2.73. The second-order valence-electron chi connectivity index (χ2n) is 5.95. The van der Waals surface area contributed by atoms with E-state index >= 15 is 0 Å². The molecule has 0 bridgehead atoms. The van der Waals surface area contributed by atoms with Crippen molar-refractivity contribution in [1.82, 2.24) is 4.57 Å². The summed E-state index contributed by atoms with van der Waals surface area (Å²) in [5, 5.41) is 1.02. The van der Waals surface area contributed by atoms with Gasteiger partial charge in [-0.3, -0.25) is 4.79 Å². The van der Waals surface area contributed by atoms with Crippen LogP contribution in [-0.2, 0) is 6.54 Å². The molecule has 3 aromatic carbocycles. The molecule has 1 radical (unpaired) electrons. The third-order valence-electron chi connectivity index (χ3n) is 4.36. The maximum atomic E-state index is 13.8. The van der Waals surface area contributed by atoms with E-state index in [0.29, 0.717) is 33.9 Å². The van der Waals surface area contributed by atoms with Crippen molar-refractivity contribution in [1.29, 1.82) is 0 Å². The lowest BCUT2D eigenvalue weighted by atomic mass is 10.1. The largest absolute Gasteiger partial charge is 0.366 e. The summed E-state index contributed by atoms with van der Waals surface area (Å²) in [6, 6.07) is 15.2. The lowest BCUT2D eigenvalue weighted by Gasteiger charge is -2.10. The van der Waals surface area contributed by atoms with Gasteiger partial charge in [0.05, 0.1) is 11.0 Å². The highest BCUT2D eigenvalue weighted by molar-refractivity contribution is 9.10. The van der Waals surface area contributed by atoms with Crippen LogP contribution in [0.15, 0.2) is 53.0 Å². The van der Waals surface area contributed by atoms with Crippen LogP contribution in [0.5, 0.6) is 0 Å². The van der Waals surface area contributed by atoms with E-state index in [1.165, 1.54) is 18.2 Å². The van der Waals surface area contributed by atoms with Gasteiger partial charge in [0.25, 0.3) is 0 Å². The van der Waals surface area contributed by atoms with E-state index in [0.717, 1.165) is 10.0 Å². The van der Waals surface area contributed by atoms with Crippen LogP contribution in [0.1, 0.15) is 15.9 Å². The quantitative estimate of drug-likeness (QED) is 0.515. The van der Waals surface area contributed by atoms with Crippen molar-refractivity contribution in [3.8, 4) is 0 Å². The summed E-state index contributed by atoms with van der Waals surface area (Å²) in [6.45, 7) is 0.333. The zero-order chi connectivity index (χ0) is 18.4. The van der Waals surface area contributed by atoms with Gasteiger partial charge in [-0.05, 0) is 48.0 Å². The number of carbonyl (C=O) groups is 1. The van der Waals surface area contributed by atoms with Crippen molar-refractivity contribution in [3.05, 3.63) is 81.8 Å². The molecule has 0 unspecified atom stereocenters. The van der Waals surface area contributed by atoms with Crippen molar-refractivity contribution in [2.24, 2.45) is 5.73 Å². The fourth-order valence-electron chi connectivity index (χ4n) is 3.24. The average Bonchev–Trinajstić information content (AvgIpc) is 2.91. The maximum absolute atomic E-state index is 13.8. The van der Waals surface area contributed by atoms with Crippen molar-refractivity contribution in [3.63, 3.8) is 0 Å². The number of fused-ring (bicyclic) bond motifs is 3. The Bertz CT molecular complexity index is 1180. The number of amides is 1. The van der Waals surface area contributed by atoms with Gasteiger partial charge in [0.15, 0.2) is 0 Å². The van der Waals surface area contributed by atoms with Gasteiger partial charge in [-0.15, -0.1) is 0 Å². The van der Waals surface area contributed by atoms with Crippen LogP contribution in [0, 0.1) is 17.7 Å². The molecule has 2 N–H and O–H groups in total. The Morgan fingerprint density at radius 1 is 1.12 bits per heavy atom. The highest BCUT2D eigenvalue weighted by Crippen LogP contribution is 2.33. The predicted molar refractivity (Wildman–Crippen MR) is 100.0 cm³/mol. The topological polar surface area (TPSA) is 48.0 Å². The molecule has 4 rings (SSSR count). The van der Waals surface area contributed by atoms with E-state index in [1.807, 2.05) is 10.6 Å². The molecule has 1 aromatic heterocycles. The summed E-state index contributed by atoms with van der Waals surface area (Å²) < 4.78 is 30.1. The van der Waals surface area contributed by atoms with Crippen LogP contribution >= 0.6 is 15.9 Å². The van der Waals surface area contributed by atoms with Gasteiger partial charge >= 0.3 is 0 Å². The van der Waals surface area contributed by atoms with Crippen LogP contribution in [0.25, 0.3) is 21.8 Å². The minimum absolute atomic E-state index is 0.298. The molecule has 6 heteroatoms. The van der Waals surface area contributed by atoms with E-state index < -0.39 is 11.7 Å². The molecule has 1 heterocycles. The summed E-state index contributed by atoms with van der Waals surface area (Å²) in [7, 11) is 0. The van der Waals surface area contributed by atoms with Crippen LogP contribution in [0.2, 0.25) is 0 Å². The number of nitrogens with two attached hydrogens (primary N) is 1. The molecule has 0 aliphatic heterocycles. The average molecular weight is 414 g/mol. The third-order valence-corrected chi connectivity index (χ3v) is 5.14. The minimum Gasteiger partial charge on any atom is -0.366 e. The van der Waals surface area contributed by atoms with Gasteiger partial charge in [0, 0.05) is 33.4 Å². The van der Waals surface area contributed by atoms with Crippen LogP contribution in [-0.4, -0.2) is 10.5 Å². The van der Waals surface area contributed by atoms with E-state index in [-0.39, 0.29) is 5.82 Å². The summed E-state index contributed by atoms with van der Waals surface area (Å²) >= 11 is 3.43. The van der Waals surface area contributed by atoms with Crippen LogP contribution in [0.4, 0.5) is 8.78 Å². The van der Waals surface area contributed by atoms with Gasteiger partial charge < -0.3 is 10.3 Å². The standard InChI is InChI=1S/C20H12BrF2N2O/c21-16-6-4-12(22)8-11(16)10-25-17-7-5-13(23)9-15(17)19-14(20(24)26)2-1-3-18(19)25/h1-8H,10H2,(H2,24,26). The molecule has 4 aromatic rings. The summed E-state index contributed by atoms with van der Waals surface area (Å²) in [5.41, 5.74) is 7.91. The Morgan fingerprint density at radius 3 is 2.69 bits per heavy atom.